The molecule has 2 aliphatic heterocycles. The Kier molecular flexibility index (Phi) is 10.2. The van der Waals surface area contributed by atoms with E-state index >= 15 is 0 Å². The lowest BCUT2D eigenvalue weighted by Crippen LogP contribution is -2.70. The summed E-state index contributed by atoms with van der Waals surface area (Å²) in [7, 11) is -2.70. The summed E-state index contributed by atoms with van der Waals surface area (Å²) < 4.78 is 12.8. The van der Waals surface area contributed by atoms with Gasteiger partial charge in [0.15, 0.2) is 5.13 Å². The van der Waals surface area contributed by atoms with Gasteiger partial charge in [-0.2, -0.15) is 0 Å². The number of thiazole rings is 1. The van der Waals surface area contributed by atoms with Crippen LogP contribution in [0.4, 0.5) is 15.6 Å². The van der Waals surface area contributed by atoms with Crippen molar-refractivity contribution in [1.29, 1.82) is 0 Å². The molecule has 0 unspecified atom stereocenters. The average Bonchev–Trinajstić information content (AvgIpc) is 3.58. The Balaban J connectivity index is 1.16. The molecule has 1 aromatic heterocycles. The Bertz CT molecular complexity index is 1710. The predicted molar refractivity (Wildman–Crippen MR) is 192 cm³/mol. The van der Waals surface area contributed by atoms with E-state index in [4.69, 9.17) is 14.1 Å². The molecule has 4 aromatic rings. The SMILES string of the molecule is CC(C)(C)[Si](OC1CN(c2nc(C(=O)N(C(=O)OCc3ccc([N+](=O)[O-])cc3)C3CCNCC3)cs2)C1)(c1ccccc1)c1ccccc1. The summed E-state index contributed by atoms with van der Waals surface area (Å²) in [5.41, 5.74) is 0.728. The van der Waals surface area contributed by atoms with Gasteiger partial charge in [-0.15, -0.1) is 11.3 Å². The van der Waals surface area contributed by atoms with E-state index in [1.54, 1.807) is 5.38 Å². The molecule has 0 bridgehead atoms. The molecule has 1 N–H and O–H groups in total. The summed E-state index contributed by atoms with van der Waals surface area (Å²) in [6.45, 7) is 9.30. The van der Waals surface area contributed by atoms with Gasteiger partial charge in [0.25, 0.3) is 19.9 Å². The minimum absolute atomic E-state index is 0.0185. The maximum atomic E-state index is 13.9. The molecule has 49 heavy (non-hydrogen) atoms. The zero-order valence-electron chi connectivity index (χ0n) is 27.9. The monoisotopic (exact) mass is 699 g/mol. The number of nitro groups is 1. The lowest BCUT2D eigenvalue weighted by molar-refractivity contribution is -0.384. The second-order valence-corrected chi connectivity index (χ2v) is 18.5. The number of amides is 2. The molecule has 0 atom stereocenters. The highest BCUT2D eigenvalue weighted by molar-refractivity contribution is 7.14. The van der Waals surface area contributed by atoms with Crippen LogP contribution in [0.1, 0.15) is 49.7 Å². The molecule has 3 heterocycles. The van der Waals surface area contributed by atoms with Gasteiger partial charge in [0.2, 0.25) is 0 Å². The number of piperidine rings is 1. The molecular formula is C36H41N5O6SSi. The van der Waals surface area contributed by atoms with Gasteiger partial charge in [0.1, 0.15) is 12.3 Å². The number of imide groups is 1. The highest BCUT2D eigenvalue weighted by Gasteiger charge is 2.53. The van der Waals surface area contributed by atoms with Crippen molar-refractivity contribution in [2.75, 3.05) is 31.1 Å². The fourth-order valence-corrected chi connectivity index (χ4v) is 12.1. The summed E-state index contributed by atoms with van der Waals surface area (Å²) >= 11 is 1.37. The summed E-state index contributed by atoms with van der Waals surface area (Å²) in [4.78, 5) is 45.8. The van der Waals surface area contributed by atoms with Gasteiger partial charge in [-0.1, -0.05) is 81.4 Å². The number of benzene rings is 3. The molecule has 2 aliphatic rings. The first-order chi connectivity index (χ1) is 23.6. The van der Waals surface area contributed by atoms with Crippen molar-refractivity contribution in [3.63, 3.8) is 0 Å². The van der Waals surface area contributed by atoms with Gasteiger partial charge in [0.05, 0.1) is 11.0 Å². The number of nitrogens with zero attached hydrogens (tertiary/aromatic N) is 4. The maximum absolute atomic E-state index is 13.9. The molecule has 2 saturated heterocycles. The van der Waals surface area contributed by atoms with Crippen LogP contribution >= 0.6 is 11.3 Å². The van der Waals surface area contributed by atoms with Gasteiger partial charge in [-0.25, -0.2) is 14.7 Å². The number of carbonyl (C=O) groups excluding carboxylic acids is 2. The Labute approximate surface area is 291 Å². The highest BCUT2D eigenvalue weighted by atomic mass is 32.1. The molecule has 2 fully saturated rings. The Morgan fingerprint density at radius 2 is 1.57 bits per heavy atom. The van der Waals surface area contributed by atoms with Gasteiger partial charge >= 0.3 is 6.09 Å². The minimum Gasteiger partial charge on any atom is -0.444 e. The Morgan fingerprint density at radius 3 is 2.12 bits per heavy atom. The number of carbonyl (C=O) groups is 2. The van der Waals surface area contributed by atoms with Gasteiger partial charge in [-0.05, 0) is 59.0 Å². The van der Waals surface area contributed by atoms with Crippen molar-refractivity contribution in [2.45, 2.75) is 57.4 Å². The molecule has 0 radical (unpaired) electrons. The second kappa shape index (κ2) is 14.6. The summed E-state index contributed by atoms with van der Waals surface area (Å²) in [6, 6.07) is 26.6. The lowest BCUT2D eigenvalue weighted by atomic mass is 10.0. The van der Waals surface area contributed by atoms with E-state index in [1.165, 1.54) is 50.9 Å². The molecule has 0 saturated carbocycles. The van der Waals surface area contributed by atoms with E-state index in [0.29, 0.717) is 49.7 Å². The molecule has 11 nitrogen and oxygen atoms in total. The fraction of sp³-hybridized carbons (Fsp3) is 0.361. The second-order valence-electron chi connectivity index (χ2n) is 13.5. The first kappa shape index (κ1) is 34.4. The lowest BCUT2D eigenvalue weighted by Gasteiger charge is -2.49. The molecule has 13 heteroatoms. The van der Waals surface area contributed by atoms with Gasteiger partial charge < -0.3 is 19.4 Å². The summed E-state index contributed by atoms with van der Waals surface area (Å²) in [5, 5.41) is 19.0. The number of ether oxygens (including phenoxy) is 1. The van der Waals surface area contributed by atoms with Crippen molar-refractivity contribution in [2.24, 2.45) is 0 Å². The molecule has 6 rings (SSSR count). The quantitative estimate of drug-likeness (QED) is 0.133. The Morgan fingerprint density at radius 1 is 0.980 bits per heavy atom. The van der Waals surface area contributed by atoms with Crippen molar-refractivity contribution in [3.8, 4) is 0 Å². The molecule has 0 spiro atoms. The smallest absolute Gasteiger partial charge is 0.417 e. The number of aromatic nitrogens is 1. The van der Waals surface area contributed by atoms with E-state index in [-0.39, 0.29) is 35.2 Å². The van der Waals surface area contributed by atoms with Crippen LogP contribution in [0.5, 0.6) is 0 Å². The standard InChI is InChI=1S/C36H41N5O6SSi/c1-36(2,3)49(30-10-6-4-7-11-30,31-12-8-5-9-13-31)47-29-22-39(23-29)34-38-32(25-48-34)33(42)40(27-18-20-37-21-19-27)35(43)46-24-26-14-16-28(17-15-26)41(44)45/h4-17,25,27,29,37H,18-24H2,1-3H3. The Hall–Kier alpha value is -4.43. The summed E-state index contributed by atoms with van der Waals surface area (Å²) in [5.74, 6) is -0.497. The van der Waals surface area contributed by atoms with Crippen LogP contribution in [0.3, 0.4) is 0 Å². The zero-order chi connectivity index (χ0) is 34.6. The topological polar surface area (TPSA) is 127 Å². The number of nitrogens with one attached hydrogen (secondary N) is 1. The van der Waals surface area contributed by atoms with Gasteiger partial charge in [0, 0.05) is 36.6 Å². The van der Waals surface area contributed by atoms with E-state index in [0.717, 1.165) is 0 Å². The molecule has 256 valence electrons. The van der Waals surface area contributed by atoms with E-state index in [9.17, 15) is 19.7 Å². The number of hydrogen-bond donors (Lipinski definition) is 1. The van der Waals surface area contributed by atoms with Crippen LogP contribution in [0.15, 0.2) is 90.3 Å². The maximum Gasteiger partial charge on any atom is 0.417 e. The highest BCUT2D eigenvalue weighted by Crippen LogP contribution is 2.39. The first-order valence-corrected chi connectivity index (χ1v) is 19.3. The van der Waals surface area contributed by atoms with Crippen molar-refractivity contribution < 1.29 is 23.7 Å². The van der Waals surface area contributed by atoms with E-state index < -0.39 is 25.2 Å². The van der Waals surface area contributed by atoms with Crippen LogP contribution < -0.4 is 20.6 Å². The minimum atomic E-state index is -2.70. The molecule has 0 aliphatic carbocycles. The first-order valence-electron chi connectivity index (χ1n) is 16.5. The zero-order valence-corrected chi connectivity index (χ0v) is 29.7. The average molecular weight is 700 g/mol. The number of non-ortho nitro benzene ring substituents is 1. The fourth-order valence-electron chi connectivity index (χ4n) is 6.63. The summed E-state index contributed by atoms with van der Waals surface area (Å²) in [6.07, 6.45) is 0.424. The van der Waals surface area contributed by atoms with E-state index in [1.807, 2.05) is 12.1 Å². The van der Waals surface area contributed by atoms with Crippen LogP contribution in [-0.4, -0.2) is 73.4 Å². The number of rotatable bonds is 10. The molecule has 2 amide bonds. The third-order valence-corrected chi connectivity index (χ3v) is 15.2. The molecule has 3 aromatic carbocycles. The number of nitro benzene ring substituents is 1. The van der Waals surface area contributed by atoms with Crippen molar-refractivity contribution in [1.82, 2.24) is 15.2 Å². The van der Waals surface area contributed by atoms with Crippen LogP contribution in [0, 0.1) is 10.1 Å². The normalized spacial score (nSPS) is 15.8. The number of hydrogen-bond acceptors (Lipinski definition) is 10. The van der Waals surface area contributed by atoms with Gasteiger partial charge in [-0.3, -0.25) is 14.9 Å². The third kappa shape index (κ3) is 7.30. The van der Waals surface area contributed by atoms with Crippen molar-refractivity contribution >= 4 is 52.8 Å². The largest absolute Gasteiger partial charge is 0.444 e. The third-order valence-electron chi connectivity index (χ3n) is 9.19. The van der Waals surface area contributed by atoms with E-state index in [2.05, 4.69) is 79.5 Å². The predicted octanol–water partition coefficient (Wildman–Crippen LogP) is 5.35. The van der Waals surface area contributed by atoms with Crippen LogP contribution in [0.25, 0.3) is 0 Å². The molecular weight excluding hydrogens is 659 g/mol. The van der Waals surface area contributed by atoms with Crippen LogP contribution in [-0.2, 0) is 15.8 Å². The van der Waals surface area contributed by atoms with Crippen LogP contribution in [0.2, 0.25) is 5.04 Å². The van der Waals surface area contributed by atoms with Crippen molar-refractivity contribution in [3.05, 3.63) is 112 Å². The number of anilines is 1.